The Labute approximate surface area is 317 Å². The number of nitrogens with one attached hydrogen (secondary N) is 4. The minimum absolute atomic E-state index is 0.0357. The molecule has 4 aromatic rings. The summed E-state index contributed by atoms with van der Waals surface area (Å²) in [7, 11) is 0. The number of ether oxygens (including phenoxy) is 1. The molecule has 0 radical (unpaired) electrons. The molecule has 0 spiro atoms. The predicted octanol–water partition coefficient (Wildman–Crippen LogP) is 5.03. The highest BCUT2D eigenvalue weighted by molar-refractivity contribution is 6.36. The van der Waals surface area contributed by atoms with Crippen LogP contribution in [-0.4, -0.2) is 78.8 Å². The number of halogens is 4. The Morgan fingerprint density at radius 1 is 0.964 bits per heavy atom. The maximum atomic E-state index is 13.0. The molecule has 2 aliphatic carbocycles. The van der Waals surface area contributed by atoms with Crippen molar-refractivity contribution in [1.82, 2.24) is 35.4 Å². The molecule has 2 aliphatic rings. The molecule has 0 aliphatic heterocycles. The molecule has 0 unspecified atom stereocenters. The molecule has 5 N–H and O–H groups in total. The van der Waals surface area contributed by atoms with Gasteiger partial charge in [0.25, 0.3) is 11.8 Å². The molecule has 2 aromatic carbocycles. The van der Waals surface area contributed by atoms with Crippen LogP contribution in [0.3, 0.4) is 0 Å². The van der Waals surface area contributed by atoms with Gasteiger partial charge in [0, 0.05) is 48.2 Å². The first-order chi connectivity index (χ1) is 26.2. The number of nitrogens with zero attached hydrogens (tertiary/aromatic N) is 5. The molecule has 2 saturated carbocycles. The summed E-state index contributed by atoms with van der Waals surface area (Å²) in [5.41, 5.74) is 0.700. The standard InChI is InChI=1S/C36H37ClF3N9O6/c37-24-6-4-23(5-7-24)35(15-16-35)48-32-45-31(46-33(47-32)55-21-36(38,39)40)43-25-8-2-22(3-9-25)28(51)44-26(30(53)54)11-18-41-29(52)27(50)10-12-34(13-14-34)20-49-19-1-17-42-49/h1-9,17,19,26H,10-16,18,20-21H2,(H,41,52)(H,44,51)(H,53,54)(H2,43,45,46,47,48)/t26-/m0/s1. The molecular weight excluding hydrogens is 747 g/mol. The van der Waals surface area contributed by atoms with E-state index < -0.39 is 53.9 Å². The van der Waals surface area contributed by atoms with Crippen LogP contribution in [0, 0.1) is 5.41 Å². The van der Waals surface area contributed by atoms with Crippen molar-refractivity contribution in [2.45, 2.75) is 69.2 Å². The van der Waals surface area contributed by atoms with Crippen molar-refractivity contribution in [3.05, 3.63) is 83.1 Å². The Balaban J connectivity index is 1.02. The third-order valence-corrected chi connectivity index (χ3v) is 9.60. The smallest absolute Gasteiger partial charge is 0.422 e. The lowest BCUT2D eigenvalue weighted by Gasteiger charge is -2.19. The second-order valence-electron chi connectivity index (χ2n) is 13.6. The minimum Gasteiger partial charge on any atom is -0.480 e. The van der Waals surface area contributed by atoms with Crippen LogP contribution in [0.5, 0.6) is 6.01 Å². The van der Waals surface area contributed by atoms with E-state index in [9.17, 15) is 37.5 Å². The van der Waals surface area contributed by atoms with Gasteiger partial charge in [-0.3, -0.25) is 19.1 Å². The SMILES string of the molecule is O=C(CCC1(Cn2cccn2)CC1)C(=O)NCC[C@H](NC(=O)c1ccc(Nc2nc(NC3(c4ccc(Cl)cc4)CC3)nc(OCC(F)(F)F)n2)cc1)C(=O)O. The zero-order chi connectivity index (χ0) is 39.2. The fraction of sp³-hybridized carbons (Fsp3) is 0.389. The highest BCUT2D eigenvalue weighted by Gasteiger charge is 2.45. The number of hydrogen-bond acceptors (Lipinski definition) is 11. The van der Waals surface area contributed by atoms with E-state index >= 15 is 0 Å². The number of carboxylic acid groups (broad SMARTS) is 1. The number of benzene rings is 2. The van der Waals surface area contributed by atoms with Gasteiger partial charge < -0.3 is 31.1 Å². The van der Waals surface area contributed by atoms with Crippen LogP contribution in [0.1, 0.15) is 60.9 Å². The molecule has 15 nitrogen and oxygen atoms in total. The van der Waals surface area contributed by atoms with Crippen molar-refractivity contribution in [3.8, 4) is 6.01 Å². The first-order valence-electron chi connectivity index (χ1n) is 17.4. The van der Waals surface area contributed by atoms with Gasteiger partial charge in [-0.15, -0.1) is 0 Å². The monoisotopic (exact) mass is 783 g/mol. The number of aromatic nitrogens is 5. The molecule has 290 valence electrons. The van der Waals surface area contributed by atoms with E-state index in [0.717, 1.165) is 18.4 Å². The van der Waals surface area contributed by atoms with E-state index in [-0.39, 0.29) is 42.3 Å². The summed E-state index contributed by atoms with van der Waals surface area (Å²) >= 11 is 6.02. The second kappa shape index (κ2) is 16.3. The summed E-state index contributed by atoms with van der Waals surface area (Å²) in [6.07, 6.45) is 2.59. The number of rotatable bonds is 19. The van der Waals surface area contributed by atoms with Crippen LogP contribution >= 0.6 is 11.6 Å². The minimum atomic E-state index is -4.64. The number of carboxylic acids is 1. The summed E-state index contributed by atoms with van der Waals surface area (Å²) in [5.74, 6) is -3.66. The van der Waals surface area contributed by atoms with Crippen LogP contribution in [0.25, 0.3) is 0 Å². The lowest BCUT2D eigenvalue weighted by Crippen LogP contribution is -2.43. The lowest BCUT2D eigenvalue weighted by molar-refractivity contribution is -0.154. The molecule has 0 bridgehead atoms. The van der Waals surface area contributed by atoms with Gasteiger partial charge in [0.05, 0.1) is 5.54 Å². The van der Waals surface area contributed by atoms with Gasteiger partial charge in [-0.05, 0) is 92.0 Å². The van der Waals surface area contributed by atoms with Crippen molar-refractivity contribution in [2.75, 3.05) is 23.8 Å². The normalized spacial score (nSPS) is 15.6. The number of hydrogen-bond donors (Lipinski definition) is 5. The van der Waals surface area contributed by atoms with E-state index in [1.165, 1.54) is 24.3 Å². The number of ketones is 1. The van der Waals surface area contributed by atoms with Gasteiger partial charge in [0.1, 0.15) is 6.04 Å². The van der Waals surface area contributed by atoms with Crippen LogP contribution in [-0.2, 0) is 26.5 Å². The zero-order valence-corrected chi connectivity index (χ0v) is 30.0. The number of amides is 2. The van der Waals surface area contributed by atoms with Gasteiger partial charge in [-0.2, -0.15) is 33.2 Å². The van der Waals surface area contributed by atoms with Crippen molar-refractivity contribution in [3.63, 3.8) is 0 Å². The molecule has 2 aromatic heterocycles. The van der Waals surface area contributed by atoms with Gasteiger partial charge in [-0.25, -0.2) is 4.79 Å². The molecule has 0 saturated heterocycles. The maximum absolute atomic E-state index is 13.0. The molecule has 2 heterocycles. The molecule has 6 rings (SSSR count). The molecule has 55 heavy (non-hydrogen) atoms. The van der Waals surface area contributed by atoms with Gasteiger partial charge in [0.2, 0.25) is 17.7 Å². The first kappa shape index (κ1) is 38.9. The third kappa shape index (κ3) is 10.9. The molecular formula is C36H37ClF3N9O6. The topological polar surface area (TPSA) is 202 Å². The van der Waals surface area contributed by atoms with Gasteiger partial charge in [-0.1, -0.05) is 23.7 Å². The van der Waals surface area contributed by atoms with Crippen LogP contribution < -0.4 is 26.0 Å². The van der Waals surface area contributed by atoms with Crippen LogP contribution in [0.15, 0.2) is 67.0 Å². The molecule has 2 amide bonds. The van der Waals surface area contributed by atoms with E-state index in [0.29, 0.717) is 36.5 Å². The number of anilines is 3. The molecule has 1 atom stereocenters. The zero-order valence-electron chi connectivity index (χ0n) is 29.2. The Morgan fingerprint density at radius 3 is 2.29 bits per heavy atom. The van der Waals surface area contributed by atoms with Crippen molar-refractivity contribution < 1.29 is 42.2 Å². The van der Waals surface area contributed by atoms with Crippen LogP contribution in [0.2, 0.25) is 5.02 Å². The number of carbonyl (C=O) groups is 4. The number of Topliss-reactive ketones (excluding diaryl/α,β-unsaturated/α-hetero) is 1. The highest BCUT2D eigenvalue weighted by Crippen LogP contribution is 2.51. The summed E-state index contributed by atoms with van der Waals surface area (Å²) in [6.45, 7) is -1.12. The summed E-state index contributed by atoms with van der Waals surface area (Å²) in [5, 5.41) is 25.3. The largest absolute Gasteiger partial charge is 0.480 e. The molecule has 2 fully saturated rings. The van der Waals surface area contributed by atoms with E-state index in [2.05, 4.69) is 41.3 Å². The van der Waals surface area contributed by atoms with Crippen LogP contribution in [0.4, 0.5) is 30.8 Å². The predicted molar refractivity (Wildman–Crippen MR) is 192 cm³/mol. The number of carbonyl (C=O) groups excluding carboxylic acids is 3. The van der Waals surface area contributed by atoms with Crippen molar-refractivity contribution in [2.24, 2.45) is 5.41 Å². The van der Waals surface area contributed by atoms with E-state index in [1.54, 1.807) is 23.0 Å². The van der Waals surface area contributed by atoms with Gasteiger partial charge in [0.15, 0.2) is 6.61 Å². The lowest BCUT2D eigenvalue weighted by atomic mass is 9.98. The van der Waals surface area contributed by atoms with E-state index in [1.807, 2.05) is 24.4 Å². The van der Waals surface area contributed by atoms with E-state index in [4.69, 9.17) is 16.3 Å². The first-order valence-corrected chi connectivity index (χ1v) is 17.8. The fourth-order valence-electron chi connectivity index (χ4n) is 5.93. The Morgan fingerprint density at radius 2 is 1.67 bits per heavy atom. The Bertz CT molecular complexity index is 2010. The fourth-order valence-corrected chi connectivity index (χ4v) is 6.05. The summed E-state index contributed by atoms with van der Waals surface area (Å²) in [6, 6.07) is 12.7. The third-order valence-electron chi connectivity index (χ3n) is 9.35. The average Bonchev–Trinajstić information content (AvgIpc) is 4.05. The quantitative estimate of drug-likeness (QED) is 0.0796. The van der Waals surface area contributed by atoms with Crippen molar-refractivity contribution in [1.29, 1.82) is 0 Å². The second-order valence-corrected chi connectivity index (χ2v) is 14.1. The highest BCUT2D eigenvalue weighted by atomic mass is 35.5. The Hall–Kier alpha value is -5.78. The number of alkyl halides is 3. The molecule has 19 heteroatoms. The Kier molecular flexibility index (Phi) is 11.5. The van der Waals surface area contributed by atoms with Crippen molar-refractivity contribution >= 4 is 52.8 Å². The average molecular weight is 784 g/mol. The number of aliphatic carboxylic acids is 1. The van der Waals surface area contributed by atoms with Gasteiger partial charge >= 0.3 is 18.2 Å². The summed E-state index contributed by atoms with van der Waals surface area (Å²) < 4.78 is 45.5. The maximum Gasteiger partial charge on any atom is 0.422 e. The summed E-state index contributed by atoms with van der Waals surface area (Å²) in [4.78, 5) is 62.0.